The number of hydrogen-bond acceptors (Lipinski definition) is 5. The van der Waals surface area contributed by atoms with Crippen LogP contribution in [0, 0.1) is 5.82 Å². The van der Waals surface area contributed by atoms with E-state index < -0.39 is 6.10 Å². The minimum absolute atomic E-state index is 0.185. The maximum Gasteiger partial charge on any atom is 0.254 e. The molecular formula is C22H23FN4O3. The zero-order chi connectivity index (χ0) is 20.5. The van der Waals surface area contributed by atoms with Gasteiger partial charge in [-0.2, -0.15) is 0 Å². The average Bonchev–Trinajstić information content (AvgIpc) is 3.44. The summed E-state index contributed by atoms with van der Waals surface area (Å²) >= 11 is 0. The van der Waals surface area contributed by atoms with Gasteiger partial charge in [0.1, 0.15) is 11.9 Å². The number of fused-ring (bicyclic) bond motifs is 1. The third-order valence-electron chi connectivity index (χ3n) is 5.57. The molecule has 2 aliphatic heterocycles. The first-order valence-corrected chi connectivity index (χ1v) is 10.2. The predicted molar refractivity (Wildman–Crippen MR) is 112 cm³/mol. The maximum absolute atomic E-state index is 13.5. The van der Waals surface area contributed by atoms with Crippen molar-refractivity contribution in [2.24, 2.45) is 0 Å². The number of amides is 1. The van der Waals surface area contributed by atoms with Gasteiger partial charge in [-0.1, -0.05) is 6.07 Å². The third kappa shape index (κ3) is 3.53. The van der Waals surface area contributed by atoms with Crippen LogP contribution in [0.3, 0.4) is 0 Å². The molecule has 5 rings (SSSR count). The topological polar surface area (TPSA) is 68.6 Å². The highest BCUT2D eigenvalue weighted by Crippen LogP contribution is 2.35. The Morgan fingerprint density at radius 3 is 2.63 bits per heavy atom. The van der Waals surface area contributed by atoms with E-state index in [1.54, 1.807) is 16.8 Å². The molecule has 2 fully saturated rings. The largest absolute Gasteiger partial charge is 0.378 e. The number of carbonyl (C=O) groups excluding carboxylic acids is 1. The lowest BCUT2D eigenvalue weighted by Gasteiger charge is -2.29. The van der Waals surface area contributed by atoms with Crippen LogP contribution in [0.2, 0.25) is 0 Å². The molecule has 0 spiro atoms. The fourth-order valence-electron chi connectivity index (χ4n) is 4.07. The lowest BCUT2D eigenvalue weighted by atomic mass is 10.1. The van der Waals surface area contributed by atoms with Crippen molar-refractivity contribution in [1.82, 2.24) is 9.78 Å². The predicted octanol–water partition coefficient (Wildman–Crippen LogP) is 3.12. The lowest BCUT2D eigenvalue weighted by Crippen LogP contribution is -2.36. The normalized spacial score (nSPS) is 19.4. The summed E-state index contributed by atoms with van der Waals surface area (Å²) in [7, 11) is 0. The number of ether oxygens (including phenoxy) is 2. The van der Waals surface area contributed by atoms with E-state index >= 15 is 0 Å². The summed E-state index contributed by atoms with van der Waals surface area (Å²) in [6, 6.07) is 12.1. The SMILES string of the molecule is O=C(Nc1nn(-c2ccc(F)cc2)c2cccc(N3CCOCC3)c12)C1CCCO1. The van der Waals surface area contributed by atoms with Gasteiger partial charge in [0.25, 0.3) is 5.91 Å². The summed E-state index contributed by atoms with van der Waals surface area (Å²) in [5, 5.41) is 8.54. The van der Waals surface area contributed by atoms with Gasteiger partial charge in [-0.05, 0) is 49.2 Å². The van der Waals surface area contributed by atoms with Crippen LogP contribution in [0.4, 0.5) is 15.9 Å². The highest BCUT2D eigenvalue weighted by Gasteiger charge is 2.27. The number of aromatic nitrogens is 2. The first-order valence-electron chi connectivity index (χ1n) is 10.2. The Morgan fingerprint density at radius 2 is 1.90 bits per heavy atom. The number of rotatable bonds is 4. The van der Waals surface area contributed by atoms with Crippen molar-refractivity contribution >= 4 is 28.3 Å². The molecule has 156 valence electrons. The van der Waals surface area contributed by atoms with E-state index in [-0.39, 0.29) is 11.7 Å². The summed E-state index contributed by atoms with van der Waals surface area (Å²) < 4.78 is 26.2. The number of anilines is 2. The summed E-state index contributed by atoms with van der Waals surface area (Å²) in [6.07, 6.45) is 1.13. The van der Waals surface area contributed by atoms with Crippen molar-refractivity contribution in [3.8, 4) is 5.69 Å². The number of carbonyl (C=O) groups is 1. The third-order valence-corrected chi connectivity index (χ3v) is 5.57. The van der Waals surface area contributed by atoms with Crippen molar-refractivity contribution in [2.75, 3.05) is 43.1 Å². The molecule has 2 aliphatic rings. The van der Waals surface area contributed by atoms with Crippen LogP contribution in [-0.4, -0.2) is 54.7 Å². The van der Waals surface area contributed by atoms with E-state index in [4.69, 9.17) is 14.6 Å². The number of morpholine rings is 1. The van der Waals surface area contributed by atoms with E-state index in [9.17, 15) is 9.18 Å². The molecule has 0 saturated carbocycles. The molecule has 2 saturated heterocycles. The molecule has 1 N–H and O–H groups in total. The van der Waals surface area contributed by atoms with Gasteiger partial charge in [-0.25, -0.2) is 9.07 Å². The van der Waals surface area contributed by atoms with E-state index in [1.165, 1.54) is 12.1 Å². The first kappa shape index (κ1) is 19.0. The molecule has 8 heteroatoms. The van der Waals surface area contributed by atoms with Gasteiger partial charge >= 0.3 is 0 Å². The Kier molecular flexibility index (Phi) is 5.10. The second-order valence-electron chi connectivity index (χ2n) is 7.50. The van der Waals surface area contributed by atoms with Crippen molar-refractivity contribution < 1.29 is 18.7 Å². The van der Waals surface area contributed by atoms with Gasteiger partial charge in [-0.3, -0.25) is 4.79 Å². The minimum atomic E-state index is -0.452. The average molecular weight is 410 g/mol. The van der Waals surface area contributed by atoms with Crippen LogP contribution >= 0.6 is 0 Å². The second kappa shape index (κ2) is 8.04. The Hall–Kier alpha value is -2.97. The number of nitrogens with zero attached hydrogens (tertiary/aromatic N) is 3. The number of nitrogens with one attached hydrogen (secondary N) is 1. The molecule has 1 aromatic heterocycles. The smallest absolute Gasteiger partial charge is 0.254 e. The van der Waals surface area contributed by atoms with Crippen molar-refractivity contribution in [1.29, 1.82) is 0 Å². The van der Waals surface area contributed by atoms with Crippen molar-refractivity contribution in [3.63, 3.8) is 0 Å². The van der Waals surface area contributed by atoms with Gasteiger partial charge in [0.15, 0.2) is 5.82 Å². The summed E-state index contributed by atoms with van der Waals surface area (Å²) in [5.41, 5.74) is 2.55. The van der Waals surface area contributed by atoms with Crippen molar-refractivity contribution in [2.45, 2.75) is 18.9 Å². The minimum Gasteiger partial charge on any atom is -0.378 e. The number of benzene rings is 2. The summed E-state index contributed by atoms with van der Waals surface area (Å²) in [4.78, 5) is 15.0. The molecule has 1 atom stereocenters. The summed E-state index contributed by atoms with van der Waals surface area (Å²) in [6.45, 7) is 3.43. The molecule has 3 heterocycles. The van der Waals surface area contributed by atoms with Gasteiger partial charge < -0.3 is 19.7 Å². The van der Waals surface area contributed by atoms with Gasteiger partial charge in [0, 0.05) is 19.7 Å². The Labute approximate surface area is 173 Å². The molecular weight excluding hydrogens is 387 g/mol. The summed E-state index contributed by atoms with van der Waals surface area (Å²) in [5.74, 6) is -0.0111. The van der Waals surface area contributed by atoms with E-state index in [1.807, 2.05) is 18.2 Å². The van der Waals surface area contributed by atoms with Gasteiger partial charge in [0.2, 0.25) is 0 Å². The maximum atomic E-state index is 13.5. The molecule has 7 nitrogen and oxygen atoms in total. The monoisotopic (exact) mass is 410 g/mol. The zero-order valence-corrected chi connectivity index (χ0v) is 16.5. The van der Waals surface area contributed by atoms with Crippen LogP contribution < -0.4 is 10.2 Å². The highest BCUT2D eigenvalue weighted by molar-refractivity contribution is 6.07. The first-order chi connectivity index (χ1) is 14.7. The molecule has 1 amide bonds. The quantitative estimate of drug-likeness (QED) is 0.716. The molecule has 2 aromatic carbocycles. The number of hydrogen-bond donors (Lipinski definition) is 1. The molecule has 1 unspecified atom stereocenters. The van der Waals surface area contributed by atoms with E-state index in [2.05, 4.69) is 10.2 Å². The van der Waals surface area contributed by atoms with Crippen LogP contribution in [0.15, 0.2) is 42.5 Å². The van der Waals surface area contributed by atoms with Gasteiger partial charge in [-0.15, -0.1) is 5.10 Å². The van der Waals surface area contributed by atoms with E-state index in [0.717, 1.165) is 41.8 Å². The fourth-order valence-corrected chi connectivity index (χ4v) is 4.07. The Bertz CT molecular complexity index is 1050. The highest BCUT2D eigenvalue weighted by atomic mass is 19.1. The molecule has 0 aliphatic carbocycles. The van der Waals surface area contributed by atoms with Crippen LogP contribution in [0.25, 0.3) is 16.6 Å². The van der Waals surface area contributed by atoms with Gasteiger partial charge in [0.05, 0.1) is 35.5 Å². The zero-order valence-electron chi connectivity index (χ0n) is 16.5. The van der Waals surface area contributed by atoms with Crippen LogP contribution in [0.5, 0.6) is 0 Å². The molecule has 3 aromatic rings. The fraction of sp³-hybridized carbons (Fsp3) is 0.364. The lowest BCUT2D eigenvalue weighted by molar-refractivity contribution is -0.124. The standard InChI is InChI=1S/C22H23FN4O3/c23-15-6-8-16(9-7-15)27-18-4-1-3-17(26-10-13-29-14-11-26)20(18)21(25-27)24-22(28)19-5-2-12-30-19/h1,3-4,6-9,19H,2,5,10-14H2,(H,24,25,28). The number of halogens is 1. The molecule has 0 bridgehead atoms. The molecule has 0 radical (unpaired) electrons. The van der Waals surface area contributed by atoms with Crippen molar-refractivity contribution in [3.05, 3.63) is 48.3 Å². The Balaban J connectivity index is 1.62. The second-order valence-corrected chi connectivity index (χ2v) is 7.50. The Morgan fingerprint density at radius 1 is 1.10 bits per heavy atom. The van der Waals surface area contributed by atoms with Crippen LogP contribution in [-0.2, 0) is 14.3 Å². The van der Waals surface area contributed by atoms with E-state index in [0.29, 0.717) is 32.1 Å². The van der Waals surface area contributed by atoms with Crippen LogP contribution in [0.1, 0.15) is 12.8 Å². The molecule has 30 heavy (non-hydrogen) atoms.